The zero-order valence-corrected chi connectivity index (χ0v) is 16.3. The molecule has 2 heterocycles. The lowest BCUT2D eigenvalue weighted by Gasteiger charge is -2.14. The Labute approximate surface area is 170 Å². The van der Waals surface area contributed by atoms with Crippen LogP contribution in [0, 0.1) is 5.82 Å². The smallest absolute Gasteiger partial charge is 0.281 e. The molecular formula is C20H14FN3O2S2. The van der Waals surface area contributed by atoms with Crippen molar-refractivity contribution in [1.29, 1.82) is 0 Å². The summed E-state index contributed by atoms with van der Waals surface area (Å²) in [4.78, 5) is 18.8. The minimum Gasteiger partial charge on any atom is -0.497 e. The number of ether oxygens (including phenoxy) is 1. The first kappa shape index (κ1) is 18.3. The number of thiazole rings is 1. The number of amides is 1. The van der Waals surface area contributed by atoms with Crippen LogP contribution < -0.4 is 15.0 Å². The highest BCUT2D eigenvalue weighted by molar-refractivity contribution is 7.80. The van der Waals surface area contributed by atoms with Crippen LogP contribution in [0.4, 0.5) is 10.1 Å². The minimum atomic E-state index is -0.297. The van der Waals surface area contributed by atoms with E-state index < -0.39 is 0 Å². The first-order chi connectivity index (χ1) is 13.5. The zero-order chi connectivity index (χ0) is 19.7. The molecule has 1 N–H and O–H groups in total. The average molecular weight is 411 g/mol. The summed E-state index contributed by atoms with van der Waals surface area (Å²) in [7, 11) is 1.56. The standard InChI is InChI=1S/C20H14FN3O2S2/c1-26-16-4-2-3-15(10-16)24-19(25)17(23-20(24)27)9-14-11-28-18(22-14)12-5-7-13(21)8-6-12/h2-11H,1H3,(H,23,27)/b17-9+. The van der Waals surface area contributed by atoms with Crippen molar-refractivity contribution in [1.82, 2.24) is 10.3 Å². The van der Waals surface area contributed by atoms with Crippen molar-refractivity contribution >= 4 is 46.3 Å². The molecule has 0 bridgehead atoms. The molecule has 5 nitrogen and oxygen atoms in total. The molecule has 4 rings (SSSR count). The van der Waals surface area contributed by atoms with Gasteiger partial charge in [-0.15, -0.1) is 11.3 Å². The van der Waals surface area contributed by atoms with E-state index >= 15 is 0 Å². The quantitative estimate of drug-likeness (QED) is 0.515. The summed E-state index contributed by atoms with van der Waals surface area (Å²) in [6.07, 6.45) is 1.65. The van der Waals surface area contributed by atoms with Crippen LogP contribution in [0.1, 0.15) is 5.69 Å². The van der Waals surface area contributed by atoms with Gasteiger partial charge < -0.3 is 10.1 Å². The Hall–Kier alpha value is -3.10. The number of aromatic nitrogens is 1. The Balaban J connectivity index is 1.60. The third-order valence-corrected chi connectivity index (χ3v) is 5.29. The van der Waals surface area contributed by atoms with Crippen LogP contribution in [0.2, 0.25) is 0 Å². The SMILES string of the molecule is COc1cccc(N2C(=O)/C(=C\c3csc(-c4ccc(F)cc4)n3)NC2=S)c1. The minimum absolute atomic E-state index is 0.269. The van der Waals surface area contributed by atoms with Crippen LogP contribution in [0.3, 0.4) is 0 Å². The molecule has 2 aromatic carbocycles. The summed E-state index contributed by atoms with van der Waals surface area (Å²) < 4.78 is 18.3. The van der Waals surface area contributed by atoms with Gasteiger partial charge in [-0.2, -0.15) is 0 Å². The second-order valence-corrected chi connectivity index (χ2v) is 7.16. The van der Waals surface area contributed by atoms with Gasteiger partial charge in [0.2, 0.25) is 0 Å². The Kier molecular flexibility index (Phi) is 4.89. The van der Waals surface area contributed by atoms with Crippen LogP contribution >= 0.6 is 23.6 Å². The number of hydrogen-bond acceptors (Lipinski definition) is 5. The third-order valence-electron chi connectivity index (χ3n) is 4.10. The maximum absolute atomic E-state index is 13.1. The molecule has 0 saturated carbocycles. The molecule has 0 radical (unpaired) electrons. The normalized spacial score (nSPS) is 15.2. The molecule has 1 aromatic heterocycles. The van der Waals surface area contributed by atoms with Gasteiger partial charge in [0.1, 0.15) is 22.3 Å². The van der Waals surface area contributed by atoms with E-state index in [1.165, 1.54) is 28.4 Å². The lowest BCUT2D eigenvalue weighted by Crippen LogP contribution is -2.30. The summed E-state index contributed by atoms with van der Waals surface area (Å²) in [6.45, 7) is 0. The first-order valence-electron chi connectivity index (χ1n) is 8.28. The molecular weight excluding hydrogens is 397 g/mol. The lowest BCUT2D eigenvalue weighted by atomic mass is 10.2. The molecule has 0 atom stereocenters. The van der Waals surface area contributed by atoms with E-state index in [4.69, 9.17) is 17.0 Å². The number of thiocarbonyl (C=S) groups is 1. The number of methoxy groups -OCH3 is 1. The summed E-state index contributed by atoms with van der Waals surface area (Å²) in [5, 5.41) is 5.80. The molecule has 1 aliphatic heterocycles. The van der Waals surface area contributed by atoms with Crippen molar-refractivity contribution in [2.75, 3.05) is 12.0 Å². The number of anilines is 1. The highest BCUT2D eigenvalue weighted by atomic mass is 32.1. The predicted octanol–water partition coefficient (Wildman–Crippen LogP) is 4.22. The van der Waals surface area contributed by atoms with Gasteiger partial charge in [-0.3, -0.25) is 9.69 Å². The molecule has 0 unspecified atom stereocenters. The second-order valence-electron chi connectivity index (χ2n) is 5.91. The van der Waals surface area contributed by atoms with E-state index in [2.05, 4.69) is 10.3 Å². The zero-order valence-electron chi connectivity index (χ0n) is 14.7. The fourth-order valence-electron chi connectivity index (χ4n) is 2.74. The number of rotatable bonds is 4. The number of halogens is 1. The largest absolute Gasteiger partial charge is 0.497 e. The van der Waals surface area contributed by atoms with E-state index in [0.29, 0.717) is 27.9 Å². The van der Waals surface area contributed by atoms with E-state index in [1.54, 1.807) is 49.6 Å². The topological polar surface area (TPSA) is 54.5 Å². The fraction of sp³-hybridized carbons (Fsp3) is 0.0500. The van der Waals surface area contributed by atoms with Crippen LogP contribution in [0.25, 0.3) is 16.6 Å². The molecule has 1 saturated heterocycles. The number of nitrogens with zero attached hydrogens (tertiary/aromatic N) is 2. The van der Waals surface area contributed by atoms with Crippen molar-refractivity contribution in [3.63, 3.8) is 0 Å². The molecule has 0 spiro atoms. The van der Waals surface area contributed by atoms with Crippen LogP contribution in [-0.4, -0.2) is 23.1 Å². The molecule has 140 valence electrons. The van der Waals surface area contributed by atoms with E-state index in [1.807, 2.05) is 5.38 Å². The van der Waals surface area contributed by atoms with Gasteiger partial charge in [-0.1, -0.05) is 6.07 Å². The van der Waals surface area contributed by atoms with Gasteiger partial charge in [-0.05, 0) is 54.7 Å². The lowest BCUT2D eigenvalue weighted by molar-refractivity contribution is -0.113. The molecule has 0 aliphatic carbocycles. The van der Waals surface area contributed by atoms with Gasteiger partial charge in [0.25, 0.3) is 5.91 Å². The Morgan fingerprint density at radius 3 is 2.79 bits per heavy atom. The van der Waals surface area contributed by atoms with Crippen molar-refractivity contribution in [3.8, 4) is 16.3 Å². The summed E-state index contributed by atoms with van der Waals surface area (Å²) in [5.41, 5.74) is 2.39. The van der Waals surface area contributed by atoms with Gasteiger partial charge >= 0.3 is 0 Å². The maximum atomic E-state index is 13.1. The molecule has 8 heteroatoms. The van der Waals surface area contributed by atoms with Crippen molar-refractivity contribution in [2.45, 2.75) is 0 Å². The highest BCUT2D eigenvalue weighted by Crippen LogP contribution is 2.28. The van der Waals surface area contributed by atoms with Crippen molar-refractivity contribution in [3.05, 3.63) is 71.1 Å². The molecule has 3 aromatic rings. The average Bonchev–Trinajstić information content (AvgIpc) is 3.27. The first-order valence-corrected chi connectivity index (χ1v) is 9.56. The van der Waals surface area contributed by atoms with Gasteiger partial charge in [-0.25, -0.2) is 9.37 Å². The van der Waals surface area contributed by atoms with Gasteiger partial charge in [0.05, 0.1) is 18.5 Å². The van der Waals surface area contributed by atoms with Crippen LogP contribution in [-0.2, 0) is 4.79 Å². The van der Waals surface area contributed by atoms with Crippen LogP contribution in [0.15, 0.2) is 59.6 Å². The molecule has 28 heavy (non-hydrogen) atoms. The second kappa shape index (κ2) is 7.49. The van der Waals surface area contributed by atoms with Crippen LogP contribution in [0.5, 0.6) is 5.75 Å². The molecule has 1 fully saturated rings. The van der Waals surface area contributed by atoms with E-state index in [-0.39, 0.29) is 11.7 Å². The fourth-order valence-corrected chi connectivity index (χ4v) is 3.83. The highest BCUT2D eigenvalue weighted by Gasteiger charge is 2.32. The number of carbonyl (C=O) groups excluding carboxylic acids is 1. The summed E-state index contributed by atoms with van der Waals surface area (Å²) >= 11 is 6.74. The maximum Gasteiger partial charge on any atom is 0.281 e. The summed E-state index contributed by atoms with van der Waals surface area (Å²) in [6, 6.07) is 13.2. The summed E-state index contributed by atoms with van der Waals surface area (Å²) in [5.74, 6) is 0.0677. The Morgan fingerprint density at radius 2 is 2.04 bits per heavy atom. The predicted molar refractivity (Wildman–Crippen MR) is 112 cm³/mol. The third kappa shape index (κ3) is 3.51. The van der Waals surface area contributed by atoms with Crippen molar-refractivity contribution < 1.29 is 13.9 Å². The van der Waals surface area contributed by atoms with E-state index in [9.17, 15) is 9.18 Å². The monoisotopic (exact) mass is 411 g/mol. The number of nitrogens with one attached hydrogen (secondary N) is 1. The molecule has 1 amide bonds. The Morgan fingerprint density at radius 1 is 1.25 bits per heavy atom. The van der Waals surface area contributed by atoms with E-state index in [0.717, 1.165) is 10.6 Å². The number of benzene rings is 2. The van der Waals surface area contributed by atoms with Crippen molar-refractivity contribution in [2.24, 2.45) is 0 Å². The number of carbonyl (C=O) groups is 1. The van der Waals surface area contributed by atoms with Gasteiger partial charge in [0, 0.05) is 17.0 Å². The number of hydrogen-bond donors (Lipinski definition) is 1. The molecule has 1 aliphatic rings. The van der Waals surface area contributed by atoms with Gasteiger partial charge in [0.15, 0.2) is 5.11 Å². The Bertz CT molecular complexity index is 1090.